The Morgan fingerprint density at radius 2 is 1.73 bits per heavy atom. The second-order valence-corrected chi connectivity index (χ2v) is 8.50. The Kier molecular flexibility index (Phi) is 5.66. The maximum atomic E-state index is 12.6. The summed E-state index contributed by atoms with van der Waals surface area (Å²) in [6.45, 7) is 1.27. The van der Waals surface area contributed by atoms with Crippen molar-refractivity contribution in [1.82, 2.24) is 9.80 Å². The van der Waals surface area contributed by atoms with E-state index in [1.54, 1.807) is 19.0 Å². The fraction of sp³-hybridized carbons (Fsp3) is 0.417. The van der Waals surface area contributed by atoms with Crippen LogP contribution in [0, 0.1) is 0 Å². The molecule has 6 nitrogen and oxygen atoms in total. The van der Waals surface area contributed by atoms with Gasteiger partial charge >= 0.3 is 6.03 Å². The summed E-state index contributed by atoms with van der Waals surface area (Å²) >= 11 is 0. The van der Waals surface area contributed by atoms with Crippen LogP contribution in [0.15, 0.2) is 54.6 Å². The molecule has 2 aliphatic rings. The van der Waals surface area contributed by atoms with Gasteiger partial charge in [-0.2, -0.15) is 0 Å². The average Bonchev–Trinajstić information content (AvgIpc) is 2.75. The number of fused-ring (bicyclic) bond motifs is 1. The molecule has 1 N–H and O–H groups in total. The molecular weight excluding hydrogens is 378 g/mol. The number of ether oxygens (including phenoxy) is 1. The van der Waals surface area contributed by atoms with E-state index in [0.29, 0.717) is 19.5 Å². The minimum Gasteiger partial charge on any atom is -0.487 e. The van der Waals surface area contributed by atoms with Crippen LogP contribution in [-0.4, -0.2) is 54.5 Å². The lowest BCUT2D eigenvalue weighted by molar-refractivity contribution is -0.129. The molecule has 1 saturated heterocycles. The van der Waals surface area contributed by atoms with Gasteiger partial charge in [-0.25, -0.2) is 4.79 Å². The molecule has 2 aromatic rings. The van der Waals surface area contributed by atoms with E-state index >= 15 is 0 Å². The molecule has 0 aromatic heterocycles. The van der Waals surface area contributed by atoms with E-state index in [1.807, 2.05) is 53.4 Å². The maximum Gasteiger partial charge on any atom is 0.321 e. The number of rotatable bonds is 3. The van der Waals surface area contributed by atoms with Gasteiger partial charge in [0.1, 0.15) is 11.4 Å². The molecule has 158 valence electrons. The summed E-state index contributed by atoms with van der Waals surface area (Å²) in [5, 5.41) is 2.96. The van der Waals surface area contributed by atoms with E-state index in [0.717, 1.165) is 36.3 Å². The van der Waals surface area contributed by atoms with Gasteiger partial charge in [-0.15, -0.1) is 0 Å². The third kappa shape index (κ3) is 4.27. The summed E-state index contributed by atoms with van der Waals surface area (Å²) in [4.78, 5) is 28.6. The number of hydrogen-bond acceptors (Lipinski definition) is 3. The maximum absolute atomic E-state index is 12.6. The second-order valence-electron chi connectivity index (χ2n) is 8.50. The number of benzene rings is 2. The van der Waals surface area contributed by atoms with Crippen LogP contribution in [0.3, 0.4) is 0 Å². The molecule has 2 aromatic carbocycles. The van der Waals surface area contributed by atoms with Crippen LogP contribution in [0.2, 0.25) is 0 Å². The molecular formula is C24H29N3O3. The number of hydrogen-bond donors (Lipinski definition) is 1. The van der Waals surface area contributed by atoms with Crippen molar-refractivity contribution >= 4 is 17.6 Å². The minimum absolute atomic E-state index is 0.0772. The number of piperidine rings is 1. The number of nitrogens with zero attached hydrogens (tertiary/aromatic N) is 2. The monoisotopic (exact) mass is 407 g/mol. The molecule has 1 atom stereocenters. The molecule has 0 bridgehead atoms. The highest BCUT2D eigenvalue weighted by Crippen LogP contribution is 2.46. The number of nitrogens with one attached hydrogen (secondary N) is 1. The van der Waals surface area contributed by atoms with E-state index in [2.05, 4.69) is 11.4 Å². The minimum atomic E-state index is -0.324. The lowest BCUT2D eigenvalue weighted by Crippen LogP contribution is -2.52. The Morgan fingerprint density at radius 3 is 2.43 bits per heavy atom. The predicted octanol–water partition coefficient (Wildman–Crippen LogP) is 4.10. The van der Waals surface area contributed by atoms with Crippen molar-refractivity contribution < 1.29 is 14.3 Å². The number of amides is 3. The molecule has 3 amide bonds. The number of anilines is 1. The molecule has 1 fully saturated rings. The van der Waals surface area contributed by atoms with Crippen molar-refractivity contribution in [3.8, 4) is 5.75 Å². The zero-order valence-electron chi connectivity index (χ0n) is 17.6. The van der Waals surface area contributed by atoms with Crippen molar-refractivity contribution in [3.63, 3.8) is 0 Å². The molecule has 2 heterocycles. The molecule has 30 heavy (non-hydrogen) atoms. The van der Waals surface area contributed by atoms with E-state index in [-0.39, 0.29) is 23.5 Å². The van der Waals surface area contributed by atoms with E-state index in [4.69, 9.17) is 4.74 Å². The molecule has 2 aliphatic heterocycles. The Balaban J connectivity index is 1.45. The quantitative estimate of drug-likeness (QED) is 0.833. The highest BCUT2D eigenvalue weighted by atomic mass is 16.5. The van der Waals surface area contributed by atoms with Gasteiger partial charge in [0.15, 0.2) is 0 Å². The first-order valence-electron chi connectivity index (χ1n) is 10.5. The molecule has 0 saturated carbocycles. The normalized spacial score (nSPS) is 19.5. The van der Waals surface area contributed by atoms with Gasteiger partial charge < -0.3 is 19.9 Å². The summed E-state index contributed by atoms with van der Waals surface area (Å²) < 4.78 is 6.50. The SMILES string of the molecule is CN(C)C(=O)C[C@H]1CC2(CCN(C(=O)Nc3ccccc3)CC2)Oc2ccccc21. The smallest absolute Gasteiger partial charge is 0.321 e. The van der Waals surface area contributed by atoms with Gasteiger partial charge in [-0.1, -0.05) is 36.4 Å². The van der Waals surface area contributed by atoms with Gasteiger partial charge in [-0.05, 0) is 30.2 Å². The standard InChI is InChI=1S/C24H29N3O3/c1-26(2)22(28)16-18-17-24(30-21-11-7-6-10-20(18)21)12-14-27(15-13-24)23(29)25-19-8-4-3-5-9-19/h3-11,18H,12-17H2,1-2H3,(H,25,29)/t18-/m0/s1. The van der Waals surface area contributed by atoms with Crippen LogP contribution in [0.25, 0.3) is 0 Å². The van der Waals surface area contributed by atoms with E-state index < -0.39 is 0 Å². The van der Waals surface area contributed by atoms with Crippen LogP contribution in [0.4, 0.5) is 10.5 Å². The molecule has 0 unspecified atom stereocenters. The summed E-state index contributed by atoms with van der Waals surface area (Å²) in [7, 11) is 3.60. The van der Waals surface area contributed by atoms with E-state index in [1.165, 1.54) is 0 Å². The van der Waals surface area contributed by atoms with Crippen molar-refractivity contribution in [2.45, 2.75) is 37.2 Å². The number of carbonyl (C=O) groups is 2. The Labute approximate surface area is 177 Å². The van der Waals surface area contributed by atoms with E-state index in [9.17, 15) is 9.59 Å². The fourth-order valence-corrected chi connectivity index (χ4v) is 4.47. The van der Waals surface area contributed by atoms with Gasteiger partial charge in [0, 0.05) is 58.1 Å². The van der Waals surface area contributed by atoms with Crippen LogP contribution in [0.1, 0.15) is 37.2 Å². The van der Waals surface area contributed by atoms with Gasteiger partial charge in [0.05, 0.1) is 0 Å². The number of carbonyl (C=O) groups excluding carboxylic acids is 2. The highest BCUT2D eigenvalue weighted by Gasteiger charge is 2.44. The number of urea groups is 1. The van der Waals surface area contributed by atoms with Crippen LogP contribution in [0.5, 0.6) is 5.75 Å². The first-order chi connectivity index (χ1) is 14.5. The number of likely N-dealkylation sites (tertiary alicyclic amines) is 1. The largest absolute Gasteiger partial charge is 0.487 e. The Hall–Kier alpha value is -3.02. The van der Waals surface area contributed by atoms with Crippen molar-refractivity contribution in [1.29, 1.82) is 0 Å². The number of para-hydroxylation sites is 2. The zero-order chi connectivity index (χ0) is 21.1. The van der Waals surface area contributed by atoms with Crippen LogP contribution >= 0.6 is 0 Å². The molecule has 4 rings (SSSR count). The van der Waals surface area contributed by atoms with Crippen LogP contribution < -0.4 is 10.1 Å². The Morgan fingerprint density at radius 1 is 1.07 bits per heavy atom. The third-order valence-corrected chi connectivity index (χ3v) is 6.21. The third-order valence-electron chi connectivity index (χ3n) is 6.21. The fourth-order valence-electron chi connectivity index (χ4n) is 4.47. The van der Waals surface area contributed by atoms with Gasteiger partial charge in [-0.3, -0.25) is 4.79 Å². The lowest BCUT2D eigenvalue weighted by atomic mass is 9.76. The summed E-state index contributed by atoms with van der Waals surface area (Å²) in [6, 6.07) is 17.5. The first-order valence-corrected chi connectivity index (χ1v) is 10.5. The highest BCUT2D eigenvalue weighted by molar-refractivity contribution is 5.89. The topological polar surface area (TPSA) is 61.9 Å². The molecule has 1 spiro atoms. The molecule has 0 aliphatic carbocycles. The summed E-state index contributed by atoms with van der Waals surface area (Å²) in [5.41, 5.74) is 1.59. The summed E-state index contributed by atoms with van der Waals surface area (Å²) in [6.07, 6.45) is 2.80. The predicted molar refractivity (Wildman–Crippen MR) is 117 cm³/mol. The lowest BCUT2D eigenvalue weighted by Gasteiger charge is -2.47. The van der Waals surface area contributed by atoms with Gasteiger partial charge in [0.25, 0.3) is 0 Å². The van der Waals surface area contributed by atoms with Crippen molar-refractivity contribution in [2.24, 2.45) is 0 Å². The zero-order valence-corrected chi connectivity index (χ0v) is 17.6. The van der Waals surface area contributed by atoms with Crippen molar-refractivity contribution in [2.75, 3.05) is 32.5 Å². The van der Waals surface area contributed by atoms with Crippen molar-refractivity contribution in [3.05, 3.63) is 60.2 Å². The first kappa shape index (κ1) is 20.3. The van der Waals surface area contributed by atoms with Crippen LogP contribution in [-0.2, 0) is 4.79 Å². The molecule has 6 heteroatoms. The Bertz CT molecular complexity index is 905. The van der Waals surface area contributed by atoms with Gasteiger partial charge in [0.2, 0.25) is 5.91 Å². The summed E-state index contributed by atoms with van der Waals surface area (Å²) in [5.74, 6) is 1.14. The second kappa shape index (κ2) is 8.38. The molecule has 0 radical (unpaired) electrons. The average molecular weight is 408 g/mol.